The van der Waals surface area contributed by atoms with Crippen LogP contribution in [0.15, 0.2) is 0 Å². The summed E-state index contributed by atoms with van der Waals surface area (Å²) in [5.74, 6) is 0.114. The number of rotatable bonds is 5. The third-order valence-corrected chi connectivity index (χ3v) is 2.20. The number of hydrogen-bond acceptors (Lipinski definition) is 2. The lowest BCUT2D eigenvalue weighted by molar-refractivity contribution is -0.128. The van der Waals surface area contributed by atoms with Crippen LogP contribution in [0.4, 0.5) is 0 Å². The van der Waals surface area contributed by atoms with Crippen LogP contribution in [-0.2, 0) is 4.79 Å². The second-order valence-corrected chi connectivity index (χ2v) is 4.77. The smallest absolute Gasteiger partial charge is 0.225 e. The molecule has 0 aromatic carbocycles. The molecule has 0 aromatic heterocycles. The molecule has 0 spiro atoms. The Kier molecular flexibility index (Phi) is 5.77. The van der Waals surface area contributed by atoms with E-state index in [9.17, 15) is 4.79 Å². The van der Waals surface area contributed by atoms with Crippen LogP contribution in [-0.4, -0.2) is 25.0 Å². The molecule has 84 valence electrons. The van der Waals surface area contributed by atoms with E-state index >= 15 is 0 Å². The molecule has 0 fully saturated rings. The average molecular weight is 200 g/mol. The van der Waals surface area contributed by atoms with Gasteiger partial charge >= 0.3 is 0 Å². The van der Waals surface area contributed by atoms with Crippen LogP contribution in [0.5, 0.6) is 0 Å². The van der Waals surface area contributed by atoms with Crippen LogP contribution in [0.25, 0.3) is 0 Å². The minimum atomic E-state index is -0.281. The predicted octanol–water partition coefficient (Wildman–Crippen LogP) is 1.54. The molecule has 14 heavy (non-hydrogen) atoms. The Labute approximate surface area is 87.6 Å². The fourth-order valence-electron chi connectivity index (χ4n) is 0.904. The molecule has 0 saturated carbocycles. The largest absolute Gasteiger partial charge is 0.354 e. The third kappa shape index (κ3) is 5.97. The second-order valence-electron chi connectivity index (χ2n) is 4.77. The lowest BCUT2D eigenvalue weighted by Crippen LogP contribution is -2.40. The van der Waals surface area contributed by atoms with Crippen LogP contribution < -0.4 is 10.6 Å². The van der Waals surface area contributed by atoms with Gasteiger partial charge in [-0.1, -0.05) is 27.7 Å². The lowest BCUT2D eigenvalue weighted by atomic mass is 9.96. The highest BCUT2D eigenvalue weighted by molar-refractivity contribution is 5.81. The van der Waals surface area contributed by atoms with Crippen LogP contribution >= 0.6 is 0 Å². The summed E-state index contributed by atoms with van der Waals surface area (Å²) in [7, 11) is 0. The van der Waals surface area contributed by atoms with Gasteiger partial charge in [0.1, 0.15) is 0 Å². The Morgan fingerprint density at radius 2 is 1.86 bits per heavy atom. The molecule has 0 saturated heterocycles. The van der Waals surface area contributed by atoms with E-state index in [1.807, 2.05) is 20.8 Å². The normalized spacial score (nSPS) is 13.8. The van der Waals surface area contributed by atoms with Crippen molar-refractivity contribution in [1.29, 1.82) is 0 Å². The fourth-order valence-corrected chi connectivity index (χ4v) is 0.904. The third-order valence-electron chi connectivity index (χ3n) is 2.20. The Bertz CT molecular complexity index is 173. The average Bonchev–Trinajstić information content (AvgIpc) is 2.09. The van der Waals surface area contributed by atoms with E-state index in [0.717, 1.165) is 13.0 Å². The first-order chi connectivity index (χ1) is 6.38. The highest BCUT2D eigenvalue weighted by Crippen LogP contribution is 2.11. The number of nitrogens with one attached hydrogen (secondary N) is 2. The van der Waals surface area contributed by atoms with Gasteiger partial charge in [-0.25, -0.2) is 0 Å². The van der Waals surface area contributed by atoms with E-state index in [0.29, 0.717) is 12.6 Å². The zero-order valence-corrected chi connectivity index (χ0v) is 10.1. The van der Waals surface area contributed by atoms with Crippen molar-refractivity contribution >= 4 is 5.91 Å². The van der Waals surface area contributed by atoms with Gasteiger partial charge in [-0.3, -0.25) is 4.79 Å². The molecule has 3 nitrogen and oxygen atoms in total. The highest BCUT2D eigenvalue weighted by atomic mass is 16.2. The van der Waals surface area contributed by atoms with Crippen molar-refractivity contribution in [2.75, 3.05) is 13.1 Å². The van der Waals surface area contributed by atoms with Crippen LogP contribution in [0.3, 0.4) is 0 Å². The molecule has 0 aliphatic heterocycles. The van der Waals surface area contributed by atoms with E-state index in [-0.39, 0.29) is 11.3 Å². The topological polar surface area (TPSA) is 41.1 Å². The first kappa shape index (κ1) is 13.4. The quantitative estimate of drug-likeness (QED) is 0.661. The maximum Gasteiger partial charge on any atom is 0.225 e. The van der Waals surface area contributed by atoms with E-state index in [1.165, 1.54) is 0 Å². The standard InChI is InChI=1S/C11H24N2O/c1-6-9(2)12-7-8-13-10(14)11(3,4)5/h9,12H,6-8H2,1-5H3,(H,13,14). The van der Waals surface area contributed by atoms with Crippen molar-refractivity contribution in [3.05, 3.63) is 0 Å². The summed E-state index contributed by atoms with van der Waals surface area (Å²) in [5.41, 5.74) is -0.281. The Balaban J connectivity index is 3.51. The maximum absolute atomic E-state index is 11.4. The maximum atomic E-state index is 11.4. The monoisotopic (exact) mass is 200 g/mol. The molecular formula is C11H24N2O. The summed E-state index contributed by atoms with van der Waals surface area (Å²) < 4.78 is 0. The van der Waals surface area contributed by atoms with E-state index in [1.54, 1.807) is 0 Å². The summed E-state index contributed by atoms with van der Waals surface area (Å²) in [6.45, 7) is 11.6. The van der Waals surface area contributed by atoms with Gasteiger partial charge in [-0.15, -0.1) is 0 Å². The van der Waals surface area contributed by atoms with Crippen molar-refractivity contribution in [3.63, 3.8) is 0 Å². The van der Waals surface area contributed by atoms with Crippen molar-refractivity contribution in [2.24, 2.45) is 5.41 Å². The van der Waals surface area contributed by atoms with Crippen molar-refractivity contribution in [2.45, 2.75) is 47.1 Å². The Morgan fingerprint density at radius 3 is 2.29 bits per heavy atom. The van der Waals surface area contributed by atoms with E-state index in [4.69, 9.17) is 0 Å². The van der Waals surface area contributed by atoms with Crippen LogP contribution in [0.1, 0.15) is 41.0 Å². The molecular weight excluding hydrogens is 176 g/mol. The Hall–Kier alpha value is -0.570. The zero-order valence-electron chi connectivity index (χ0n) is 10.1. The fraction of sp³-hybridized carbons (Fsp3) is 0.909. The molecule has 0 heterocycles. The molecule has 0 bridgehead atoms. The first-order valence-electron chi connectivity index (χ1n) is 5.39. The highest BCUT2D eigenvalue weighted by Gasteiger charge is 2.20. The molecule has 0 aliphatic rings. The molecule has 0 aromatic rings. The molecule has 2 N–H and O–H groups in total. The number of hydrogen-bond donors (Lipinski definition) is 2. The van der Waals surface area contributed by atoms with Gasteiger partial charge in [-0.05, 0) is 13.3 Å². The molecule has 1 amide bonds. The number of carbonyl (C=O) groups is 1. The van der Waals surface area contributed by atoms with Gasteiger partial charge in [0.2, 0.25) is 5.91 Å². The molecule has 0 aliphatic carbocycles. The summed E-state index contributed by atoms with van der Waals surface area (Å²) in [6, 6.07) is 0.529. The summed E-state index contributed by atoms with van der Waals surface area (Å²) >= 11 is 0. The molecule has 1 unspecified atom stereocenters. The van der Waals surface area contributed by atoms with Gasteiger partial charge in [-0.2, -0.15) is 0 Å². The lowest BCUT2D eigenvalue weighted by Gasteiger charge is -2.18. The van der Waals surface area contributed by atoms with Crippen LogP contribution in [0, 0.1) is 5.41 Å². The zero-order chi connectivity index (χ0) is 11.2. The first-order valence-corrected chi connectivity index (χ1v) is 5.39. The van der Waals surface area contributed by atoms with Crippen LogP contribution in [0.2, 0.25) is 0 Å². The summed E-state index contributed by atoms with van der Waals surface area (Å²) in [6.07, 6.45) is 1.12. The molecule has 3 heteroatoms. The molecule has 1 atom stereocenters. The van der Waals surface area contributed by atoms with E-state index in [2.05, 4.69) is 24.5 Å². The van der Waals surface area contributed by atoms with Crippen molar-refractivity contribution in [1.82, 2.24) is 10.6 Å². The van der Waals surface area contributed by atoms with Gasteiger partial charge in [0.05, 0.1) is 0 Å². The van der Waals surface area contributed by atoms with Crippen molar-refractivity contribution in [3.8, 4) is 0 Å². The SMILES string of the molecule is CCC(C)NCCNC(=O)C(C)(C)C. The van der Waals surface area contributed by atoms with E-state index < -0.39 is 0 Å². The minimum Gasteiger partial charge on any atom is -0.354 e. The Morgan fingerprint density at radius 1 is 1.29 bits per heavy atom. The van der Waals surface area contributed by atoms with Gasteiger partial charge in [0, 0.05) is 24.5 Å². The van der Waals surface area contributed by atoms with Gasteiger partial charge in [0.25, 0.3) is 0 Å². The number of amides is 1. The molecule has 0 radical (unpaired) electrons. The van der Waals surface area contributed by atoms with Gasteiger partial charge < -0.3 is 10.6 Å². The number of carbonyl (C=O) groups excluding carboxylic acids is 1. The van der Waals surface area contributed by atoms with Gasteiger partial charge in [0.15, 0.2) is 0 Å². The summed E-state index contributed by atoms with van der Waals surface area (Å²) in [4.78, 5) is 11.4. The van der Waals surface area contributed by atoms with Crippen molar-refractivity contribution < 1.29 is 4.79 Å². The summed E-state index contributed by atoms with van der Waals surface area (Å²) in [5, 5.41) is 6.22. The predicted molar refractivity (Wildman–Crippen MR) is 60.2 cm³/mol. The molecule has 0 rings (SSSR count). The second kappa shape index (κ2) is 6.02. The minimum absolute atomic E-state index is 0.114.